The molecule has 3 aromatic rings. The summed E-state index contributed by atoms with van der Waals surface area (Å²) in [6, 6.07) is 9.83. The topological polar surface area (TPSA) is 101 Å². The van der Waals surface area contributed by atoms with Crippen LogP contribution in [0.1, 0.15) is 10.5 Å². The van der Waals surface area contributed by atoms with Gasteiger partial charge in [0.15, 0.2) is 12.3 Å². The molecule has 1 heterocycles. The second kappa shape index (κ2) is 7.32. The number of H-pyrrole nitrogens is 1. The predicted octanol–water partition coefficient (Wildman–Crippen LogP) is 2.51. The molecule has 0 radical (unpaired) electrons. The number of amides is 1. The molecular formula is C17H11ClFN3O4. The summed E-state index contributed by atoms with van der Waals surface area (Å²) in [5.41, 5.74) is -0.379. The van der Waals surface area contributed by atoms with Crippen LogP contribution >= 0.6 is 11.6 Å². The molecule has 0 unspecified atom stereocenters. The summed E-state index contributed by atoms with van der Waals surface area (Å²) in [4.78, 5) is 35.8. The number of carbonyl (C=O) groups is 2. The van der Waals surface area contributed by atoms with Gasteiger partial charge in [-0.05, 0) is 24.3 Å². The van der Waals surface area contributed by atoms with Gasteiger partial charge in [0.2, 0.25) is 0 Å². The zero-order chi connectivity index (χ0) is 18.7. The van der Waals surface area contributed by atoms with Crippen LogP contribution in [0.2, 0.25) is 5.02 Å². The Morgan fingerprint density at radius 3 is 2.65 bits per heavy atom. The number of carbonyl (C=O) groups excluding carboxylic acids is 2. The maximum Gasteiger partial charge on any atom is 0.359 e. The van der Waals surface area contributed by atoms with Gasteiger partial charge in [-0.25, -0.2) is 14.3 Å². The average Bonchev–Trinajstić information content (AvgIpc) is 2.63. The molecule has 0 aliphatic carbocycles. The number of aromatic nitrogens is 2. The van der Waals surface area contributed by atoms with E-state index in [1.54, 1.807) is 18.2 Å². The van der Waals surface area contributed by atoms with Gasteiger partial charge < -0.3 is 10.1 Å². The van der Waals surface area contributed by atoms with Gasteiger partial charge in [0.1, 0.15) is 5.82 Å². The first-order valence-corrected chi connectivity index (χ1v) is 7.73. The highest BCUT2D eigenvalue weighted by Crippen LogP contribution is 2.22. The summed E-state index contributed by atoms with van der Waals surface area (Å²) in [7, 11) is 0. The van der Waals surface area contributed by atoms with Crippen LogP contribution in [0.4, 0.5) is 10.1 Å². The number of benzene rings is 2. The number of hydrogen-bond acceptors (Lipinski definition) is 5. The summed E-state index contributed by atoms with van der Waals surface area (Å²) >= 11 is 5.81. The first-order valence-electron chi connectivity index (χ1n) is 7.35. The monoisotopic (exact) mass is 375 g/mol. The number of fused-ring (bicyclic) bond motifs is 1. The van der Waals surface area contributed by atoms with E-state index in [4.69, 9.17) is 16.3 Å². The van der Waals surface area contributed by atoms with Crippen molar-refractivity contribution in [1.82, 2.24) is 10.2 Å². The molecule has 9 heteroatoms. The molecule has 0 aliphatic rings. The third-order valence-electron chi connectivity index (χ3n) is 3.43. The highest BCUT2D eigenvalue weighted by atomic mass is 35.5. The standard InChI is InChI=1S/C17H11ClFN3O4/c18-12-7-9(19)5-6-13(12)20-14(23)8-26-17(25)15-10-3-1-2-4-11(10)16(24)22-21-15/h1-7H,8H2,(H,20,23)(H,22,24). The minimum atomic E-state index is -0.877. The Kier molecular flexibility index (Phi) is 4.94. The lowest BCUT2D eigenvalue weighted by molar-refractivity contribution is -0.119. The van der Waals surface area contributed by atoms with E-state index in [1.807, 2.05) is 0 Å². The molecule has 1 amide bonds. The Hall–Kier alpha value is -3.26. The van der Waals surface area contributed by atoms with Crippen molar-refractivity contribution in [3.05, 3.63) is 69.4 Å². The first kappa shape index (κ1) is 17.6. The van der Waals surface area contributed by atoms with E-state index in [0.717, 1.165) is 12.1 Å². The molecule has 0 spiro atoms. The van der Waals surface area contributed by atoms with Crippen molar-refractivity contribution >= 4 is 39.9 Å². The summed E-state index contributed by atoms with van der Waals surface area (Å²) in [6.07, 6.45) is 0. The fourth-order valence-electron chi connectivity index (χ4n) is 2.25. The van der Waals surface area contributed by atoms with Crippen LogP contribution in [0.15, 0.2) is 47.3 Å². The van der Waals surface area contributed by atoms with Crippen LogP contribution in [-0.2, 0) is 9.53 Å². The maximum atomic E-state index is 13.0. The van der Waals surface area contributed by atoms with Gasteiger partial charge >= 0.3 is 5.97 Å². The van der Waals surface area contributed by atoms with Gasteiger partial charge in [-0.3, -0.25) is 9.59 Å². The SMILES string of the molecule is O=C(COC(=O)c1n[nH]c(=O)c2ccccc12)Nc1ccc(F)cc1Cl. The van der Waals surface area contributed by atoms with E-state index in [1.165, 1.54) is 12.1 Å². The van der Waals surface area contributed by atoms with E-state index in [-0.39, 0.29) is 21.8 Å². The minimum Gasteiger partial charge on any atom is -0.451 e. The Labute approximate surface area is 150 Å². The van der Waals surface area contributed by atoms with Crippen LogP contribution in [0, 0.1) is 5.82 Å². The zero-order valence-corrected chi connectivity index (χ0v) is 13.8. The molecule has 0 fully saturated rings. The smallest absolute Gasteiger partial charge is 0.359 e. The normalized spacial score (nSPS) is 10.5. The fourth-order valence-corrected chi connectivity index (χ4v) is 2.46. The summed E-state index contributed by atoms with van der Waals surface area (Å²) in [5, 5.41) is 8.88. The molecule has 2 N–H and O–H groups in total. The van der Waals surface area contributed by atoms with E-state index < -0.39 is 29.9 Å². The van der Waals surface area contributed by atoms with E-state index in [2.05, 4.69) is 15.5 Å². The minimum absolute atomic E-state index is 0.0120. The largest absolute Gasteiger partial charge is 0.451 e. The van der Waals surface area contributed by atoms with Crippen molar-refractivity contribution < 1.29 is 18.7 Å². The van der Waals surface area contributed by atoms with Crippen molar-refractivity contribution in [2.45, 2.75) is 0 Å². The molecule has 0 aliphatic heterocycles. The second-order valence-corrected chi connectivity index (χ2v) is 5.60. The Morgan fingerprint density at radius 1 is 1.19 bits per heavy atom. The Balaban J connectivity index is 1.70. The molecular weight excluding hydrogens is 365 g/mol. The zero-order valence-electron chi connectivity index (χ0n) is 13.1. The summed E-state index contributed by atoms with van der Waals surface area (Å²) in [5.74, 6) is -2.09. The second-order valence-electron chi connectivity index (χ2n) is 5.20. The van der Waals surface area contributed by atoms with Crippen molar-refractivity contribution in [3.8, 4) is 0 Å². The summed E-state index contributed by atoms with van der Waals surface area (Å²) in [6.45, 7) is -0.609. The molecule has 1 aromatic heterocycles. The average molecular weight is 376 g/mol. The highest BCUT2D eigenvalue weighted by Gasteiger charge is 2.17. The molecule has 0 atom stereocenters. The molecule has 0 bridgehead atoms. The number of halogens is 2. The number of rotatable bonds is 4. The number of hydrogen-bond donors (Lipinski definition) is 2. The lowest BCUT2D eigenvalue weighted by Crippen LogP contribution is -2.22. The number of esters is 1. The van der Waals surface area contributed by atoms with Crippen molar-refractivity contribution in [3.63, 3.8) is 0 Å². The molecule has 7 nitrogen and oxygen atoms in total. The lowest BCUT2D eigenvalue weighted by atomic mass is 10.1. The van der Waals surface area contributed by atoms with Gasteiger partial charge in [0, 0.05) is 5.39 Å². The fraction of sp³-hybridized carbons (Fsp3) is 0.0588. The van der Waals surface area contributed by atoms with Gasteiger partial charge in [-0.15, -0.1) is 0 Å². The Morgan fingerprint density at radius 2 is 1.92 bits per heavy atom. The lowest BCUT2D eigenvalue weighted by Gasteiger charge is -2.08. The molecule has 2 aromatic carbocycles. The summed E-state index contributed by atoms with van der Waals surface area (Å²) < 4.78 is 17.9. The van der Waals surface area contributed by atoms with Crippen molar-refractivity contribution in [1.29, 1.82) is 0 Å². The maximum absolute atomic E-state index is 13.0. The predicted molar refractivity (Wildman–Crippen MR) is 92.7 cm³/mol. The molecule has 3 rings (SSSR count). The van der Waals surface area contributed by atoms with Gasteiger partial charge in [-0.2, -0.15) is 5.10 Å². The van der Waals surface area contributed by atoms with Crippen molar-refractivity contribution in [2.24, 2.45) is 0 Å². The molecule has 0 saturated carbocycles. The van der Waals surface area contributed by atoms with Crippen molar-refractivity contribution in [2.75, 3.05) is 11.9 Å². The molecule has 26 heavy (non-hydrogen) atoms. The van der Waals surface area contributed by atoms with Crippen LogP contribution in [0.3, 0.4) is 0 Å². The number of anilines is 1. The van der Waals surface area contributed by atoms with Crippen LogP contribution in [-0.4, -0.2) is 28.7 Å². The van der Waals surface area contributed by atoms with E-state index in [9.17, 15) is 18.8 Å². The third kappa shape index (κ3) is 3.70. The van der Waals surface area contributed by atoms with E-state index in [0.29, 0.717) is 5.39 Å². The van der Waals surface area contributed by atoms with Gasteiger partial charge in [-0.1, -0.05) is 29.8 Å². The number of ether oxygens (including phenoxy) is 1. The van der Waals surface area contributed by atoms with Gasteiger partial charge in [0.05, 0.1) is 16.1 Å². The molecule has 132 valence electrons. The highest BCUT2D eigenvalue weighted by molar-refractivity contribution is 6.33. The van der Waals surface area contributed by atoms with Crippen LogP contribution in [0.5, 0.6) is 0 Å². The van der Waals surface area contributed by atoms with E-state index >= 15 is 0 Å². The quantitative estimate of drug-likeness (QED) is 0.682. The Bertz CT molecular complexity index is 1070. The number of nitrogens with one attached hydrogen (secondary N) is 2. The number of nitrogens with zero attached hydrogens (tertiary/aromatic N) is 1. The first-order chi connectivity index (χ1) is 12.5. The third-order valence-corrected chi connectivity index (χ3v) is 3.74. The number of aromatic amines is 1. The van der Waals surface area contributed by atoms with Crippen LogP contribution < -0.4 is 10.9 Å². The molecule has 0 saturated heterocycles. The van der Waals surface area contributed by atoms with Gasteiger partial charge in [0.25, 0.3) is 11.5 Å². The van der Waals surface area contributed by atoms with Crippen LogP contribution in [0.25, 0.3) is 10.8 Å².